The van der Waals surface area contributed by atoms with E-state index in [0.717, 1.165) is 4.57 Å². The third kappa shape index (κ3) is 3.74. The lowest BCUT2D eigenvalue weighted by atomic mass is 10.2. The lowest BCUT2D eigenvalue weighted by Crippen LogP contribution is -2.14. The summed E-state index contributed by atoms with van der Waals surface area (Å²) in [4.78, 5) is 16.4. The number of halogens is 3. The lowest BCUT2D eigenvalue weighted by Gasteiger charge is -2.12. The van der Waals surface area contributed by atoms with Crippen molar-refractivity contribution >= 4 is 34.0 Å². The number of nitrogens with zero attached hydrogens (tertiary/aromatic N) is 2. The third-order valence-corrected chi connectivity index (χ3v) is 5.15. The second kappa shape index (κ2) is 7.34. The number of anilines is 1. The Morgan fingerprint density at radius 3 is 2.52 bits per heavy atom. The zero-order valence-electron chi connectivity index (χ0n) is 14.8. The molecule has 2 heterocycles. The van der Waals surface area contributed by atoms with Gasteiger partial charge in [-0.15, -0.1) is 11.3 Å². The average molecular weight is 417 g/mol. The number of aromatic nitrogens is 2. The van der Waals surface area contributed by atoms with E-state index in [-0.39, 0.29) is 29.2 Å². The van der Waals surface area contributed by atoms with Gasteiger partial charge >= 0.3 is 6.18 Å². The minimum atomic E-state index is -4.66. The van der Waals surface area contributed by atoms with Crippen molar-refractivity contribution in [2.75, 3.05) is 5.32 Å². The highest BCUT2D eigenvalue weighted by Gasteiger charge is 2.38. The van der Waals surface area contributed by atoms with Gasteiger partial charge in [-0.2, -0.15) is 13.2 Å². The van der Waals surface area contributed by atoms with Crippen LogP contribution < -0.4 is 5.32 Å². The van der Waals surface area contributed by atoms with Gasteiger partial charge < -0.3 is 10.4 Å². The summed E-state index contributed by atoms with van der Waals surface area (Å²) in [6.07, 6.45) is -4.66. The van der Waals surface area contributed by atoms with Gasteiger partial charge in [0, 0.05) is 11.4 Å². The van der Waals surface area contributed by atoms with Gasteiger partial charge in [0.25, 0.3) is 5.91 Å². The van der Waals surface area contributed by atoms with Crippen LogP contribution in [-0.2, 0) is 12.8 Å². The Labute approximate surface area is 167 Å². The van der Waals surface area contributed by atoms with Crippen molar-refractivity contribution in [2.45, 2.75) is 12.8 Å². The van der Waals surface area contributed by atoms with Crippen LogP contribution >= 0.6 is 11.3 Å². The summed E-state index contributed by atoms with van der Waals surface area (Å²) in [5, 5.41) is 13.7. The first-order valence-corrected chi connectivity index (χ1v) is 9.39. The molecular weight excluding hydrogens is 403 g/mol. The summed E-state index contributed by atoms with van der Waals surface area (Å²) in [5.41, 5.74) is 1.60. The van der Waals surface area contributed by atoms with E-state index in [2.05, 4.69) is 10.3 Å². The molecular formula is C20H14F3N3O2S. The number of aliphatic hydroxyl groups is 1. The number of benzene rings is 2. The number of amides is 1. The number of nitrogens with one attached hydrogen (secondary N) is 1. The summed E-state index contributed by atoms with van der Waals surface area (Å²) in [7, 11) is 0. The Bertz CT molecular complexity index is 1170. The molecule has 9 heteroatoms. The van der Waals surface area contributed by atoms with Crippen LogP contribution in [0.2, 0.25) is 0 Å². The second-order valence-electron chi connectivity index (χ2n) is 6.23. The number of hydrogen-bond donors (Lipinski definition) is 2. The van der Waals surface area contributed by atoms with Gasteiger partial charge in [-0.05, 0) is 53.4 Å². The average Bonchev–Trinajstić information content (AvgIpc) is 3.36. The van der Waals surface area contributed by atoms with Gasteiger partial charge in [0.1, 0.15) is 0 Å². The highest BCUT2D eigenvalue weighted by Crippen LogP contribution is 2.34. The lowest BCUT2D eigenvalue weighted by molar-refractivity contribution is -0.145. The first kappa shape index (κ1) is 19.2. The smallest absolute Gasteiger partial charge is 0.392 e. The van der Waals surface area contributed by atoms with E-state index < -0.39 is 12.0 Å². The van der Waals surface area contributed by atoms with E-state index >= 15 is 0 Å². The highest BCUT2D eigenvalue weighted by molar-refractivity contribution is 7.12. The van der Waals surface area contributed by atoms with Gasteiger partial charge in [-0.3, -0.25) is 9.36 Å². The molecule has 0 radical (unpaired) electrons. The quantitative estimate of drug-likeness (QED) is 0.499. The van der Waals surface area contributed by atoms with Crippen LogP contribution in [0.25, 0.3) is 16.7 Å². The molecule has 29 heavy (non-hydrogen) atoms. The molecule has 1 amide bonds. The molecule has 148 valence electrons. The van der Waals surface area contributed by atoms with E-state index in [9.17, 15) is 23.1 Å². The molecule has 2 aromatic carbocycles. The van der Waals surface area contributed by atoms with Crippen LogP contribution in [-0.4, -0.2) is 20.6 Å². The summed E-state index contributed by atoms with van der Waals surface area (Å²) in [6.45, 7) is -0.289. The van der Waals surface area contributed by atoms with Gasteiger partial charge in [0.15, 0.2) is 0 Å². The first-order chi connectivity index (χ1) is 13.9. The topological polar surface area (TPSA) is 67.2 Å². The molecule has 0 aliphatic heterocycles. The number of alkyl halides is 3. The highest BCUT2D eigenvalue weighted by atomic mass is 32.1. The number of carbonyl (C=O) groups excluding carboxylic acids is 1. The molecule has 0 saturated carbocycles. The maximum Gasteiger partial charge on any atom is 0.450 e. The van der Waals surface area contributed by atoms with Crippen molar-refractivity contribution in [3.8, 4) is 5.69 Å². The normalized spacial score (nSPS) is 11.7. The van der Waals surface area contributed by atoms with Crippen LogP contribution in [0.5, 0.6) is 0 Å². The minimum Gasteiger partial charge on any atom is -0.392 e. The molecule has 0 unspecified atom stereocenters. The van der Waals surface area contributed by atoms with Crippen molar-refractivity contribution in [1.82, 2.24) is 9.55 Å². The van der Waals surface area contributed by atoms with Gasteiger partial charge in [-0.1, -0.05) is 12.1 Å². The number of hydrogen-bond acceptors (Lipinski definition) is 4. The molecule has 2 N–H and O–H groups in total. The molecule has 0 fully saturated rings. The zero-order chi connectivity index (χ0) is 20.6. The molecule has 4 rings (SSSR count). The second-order valence-corrected chi connectivity index (χ2v) is 7.18. The fraction of sp³-hybridized carbons (Fsp3) is 0.100. The van der Waals surface area contributed by atoms with Crippen LogP contribution in [0.4, 0.5) is 18.9 Å². The Hall–Kier alpha value is -3.17. The molecule has 0 saturated heterocycles. The van der Waals surface area contributed by atoms with Crippen molar-refractivity contribution in [3.05, 3.63) is 76.2 Å². The SMILES string of the molecule is O=C(Nc1ccc(-n2c(C(F)(F)F)nc3cc(CO)ccc32)cc1)c1cccs1. The number of imidazole rings is 1. The summed E-state index contributed by atoms with van der Waals surface area (Å²) >= 11 is 1.29. The van der Waals surface area contributed by atoms with E-state index in [1.807, 2.05) is 0 Å². The van der Waals surface area contributed by atoms with Crippen LogP contribution in [0.1, 0.15) is 21.1 Å². The summed E-state index contributed by atoms with van der Waals surface area (Å²) < 4.78 is 41.7. The van der Waals surface area contributed by atoms with Crippen molar-refractivity contribution < 1.29 is 23.1 Å². The Balaban J connectivity index is 1.73. The summed E-state index contributed by atoms with van der Waals surface area (Å²) in [5.74, 6) is -1.34. The predicted octanol–water partition coefficient (Wildman–Crippen LogP) is 4.85. The van der Waals surface area contributed by atoms with Crippen molar-refractivity contribution in [1.29, 1.82) is 0 Å². The molecule has 0 bridgehead atoms. The third-order valence-electron chi connectivity index (χ3n) is 4.28. The number of rotatable bonds is 4. The standard InChI is InChI=1S/C20H14F3N3O2S/c21-20(22,23)19-25-15-10-12(11-27)3-8-16(15)26(19)14-6-4-13(5-7-14)24-18(28)17-2-1-9-29-17/h1-10,27H,11H2,(H,24,28). The van der Waals surface area contributed by atoms with E-state index in [4.69, 9.17) is 0 Å². The van der Waals surface area contributed by atoms with Gasteiger partial charge in [0.05, 0.1) is 22.5 Å². The van der Waals surface area contributed by atoms with Crippen molar-refractivity contribution in [3.63, 3.8) is 0 Å². The number of aliphatic hydroxyl groups excluding tert-OH is 1. The number of carbonyl (C=O) groups is 1. The molecule has 4 aromatic rings. The van der Waals surface area contributed by atoms with E-state index in [0.29, 0.717) is 16.1 Å². The maximum absolute atomic E-state index is 13.6. The van der Waals surface area contributed by atoms with Gasteiger partial charge in [-0.25, -0.2) is 4.98 Å². The molecule has 5 nitrogen and oxygen atoms in total. The Morgan fingerprint density at radius 2 is 1.90 bits per heavy atom. The minimum absolute atomic E-state index is 0.138. The summed E-state index contributed by atoms with van der Waals surface area (Å²) in [6, 6.07) is 14.0. The van der Waals surface area contributed by atoms with Gasteiger partial charge in [0.2, 0.25) is 5.82 Å². The molecule has 0 atom stereocenters. The number of fused-ring (bicyclic) bond motifs is 1. The molecule has 0 aliphatic rings. The van der Waals surface area contributed by atoms with E-state index in [1.165, 1.54) is 47.7 Å². The van der Waals surface area contributed by atoms with Crippen LogP contribution in [0.15, 0.2) is 60.0 Å². The molecule has 0 spiro atoms. The fourth-order valence-corrected chi connectivity index (χ4v) is 3.59. The molecule has 2 aromatic heterocycles. The monoisotopic (exact) mass is 417 g/mol. The largest absolute Gasteiger partial charge is 0.450 e. The maximum atomic E-state index is 13.6. The number of thiophene rings is 1. The first-order valence-electron chi connectivity index (χ1n) is 8.51. The van der Waals surface area contributed by atoms with E-state index in [1.54, 1.807) is 23.6 Å². The molecule has 0 aliphatic carbocycles. The van der Waals surface area contributed by atoms with Crippen LogP contribution in [0, 0.1) is 0 Å². The Kier molecular flexibility index (Phi) is 4.85. The zero-order valence-corrected chi connectivity index (χ0v) is 15.6. The van der Waals surface area contributed by atoms with Crippen LogP contribution in [0.3, 0.4) is 0 Å². The fourth-order valence-electron chi connectivity index (χ4n) is 2.97. The van der Waals surface area contributed by atoms with Crippen molar-refractivity contribution in [2.24, 2.45) is 0 Å². The predicted molar refractivity (Wildman–Crippen MR) is 104 cm³/mol. The Morgan fingerprint density at radius 1 is 1.14 bits per heavy atom.